The molecule has 0 saturated heterocycles. The molecule has 2 nitrogen and oxygen atoms in total. The van der Waals surface area contributed by atoms with Crippen LogP contribution in [0.3, 0.4) is 0 Å². The van der Waals surface area contributed by atoms with Gasteiger partial charge in [0.15, 0.2) is 0 Å². The zero-order chi connectivity index (χ0) is 8.48. The Hall–Kier alpha value is -0.630. The highest BCUT2D eigenvalue weighted by Gasteiger charge is 2.23. The van der Waals surface area contributed by atoms with Gasteiger partial charge in [-0.3, -0.25) is 4.99 Å². The number of rotatable bonds is 1. The molecule has 0 atom stereocenters. The summed E-state index contributed by atoms with van der Waals surface area (Å²) in [5.74, 6) is 0. The van der Waals surface area contributed by atoms with Gasteiger partial charge in [-0.25, -0.2) is 0 Å². The fraction of sp³-hybridized carbons (Fsp3) is 0.667. The highest BCUT2D eigenvalue weighted by molar-refractivity contribution is 6.05. The van der Waals surface area contributed by atoms with Crippen LogP contribution < -0.4 is 0 Å². The smallest absolute Gasteiger partial charge is 0.0697 e. The minimum atomic E-state index is 0.0745. The summed E-state index contributed by atoms with van der Waals surface area (Å²) >= 11 is 0. The molecule has 11 heavy (non-hydrogen) atoms. The summed E-state index contributed by atoms with van der Waals surface area (Å²) in [5, 5.41) is 8.95. The molecule has 0 radical (unpaired) electrons. The molecule has 0 fully saturated rings. The lowest BCUT2D eigenvalue weighted by Gasteiger charge is -2.20. The van der Waals surface area contributed by atoms with Crippen molar-refractivity contribution in [2.45, 2.75) is 20.8 Å². The van der Waals surface area contributed by atoms with Gasteiger partial charge in [0.2, 0.25) is 0 Å². The molecule has 62 valence electrons. The lowest BCUT2D eigenvalue weighted by atomic mass is 9.86. The lowest BCUT2D eigenvalue weighted by Crippen LogP contribution is -2.22. The number of hydrogen-bond acceptors (Lipinski definition) is 2. The van der Waals surface area contributed by atoms with Gasteiger partial charge >= 0.3 is 0 Å². The second kappa shape index (κ2) is 2.78. The minimum absolute atomic E-state index is 0.0745. The number of aliphatic hydroxyl groups excluding tert-OH is 1. The Morgan fingerprint density at radius 1 is 1.55 bits per heavy atom. The van der Waals surface area contributed by atoms with Gasteiger partial charge in [0.25, 0.3) is 0 Å². The van der Waals surface area contributed by atoms with Crippen LogP contribution in [-0.4, -0.2) is 24.0 Å². The van der Waals surface area contributed by atoms with E-state index < -0.39 is 0 Å². The normalized spacial score (nSPS) is 18.2. The molecule has 0 bridgehead atoms. The van der Waals surface area contributed by atoms with E-state index >= 15 is 0 Å². The molecule has 0 aromatic heterocycles. The van der Waals surface area contributed by atoms with E-state index in [-0.39, 0.29) is 12.0 Å². The standard InChI is InChI=1S/C9H15NO/c1-9(2,3)8-7(6-11)4-5-10-8/h4,11H,5-6H2,1-3H3. The van der Waals surface area contributed by atoms with Crippen molar-refractivity contribution < 1.29 is 5.11 Å². The molecule has 0 saturated carbocycles. The molecule has 1 aliphatic heterocycles. The third-order valence-electron chi connectivity index (χ3n) is 1.77. The van der Waals surface area contributed by atoms with Gasteiger partial charge in [-0.05, 0) is 5.57 Å². The predicted octanol–water partition coefficient (Wildman–Crippen LogP) is 1.41. The Kier molecular flexibility index (Phi) is 2.14. The Balaban J connectivity index is 2.83. The minimum Gasteiger partial charge on any atom is -0.392 e. The van der Waals surface area contributed by atoms with Crippen molar-refractivity contribution in [2.24, 2.45) is 10.4 Å². The zero-order valence-corrected chi connectivity index (χ0v) is 7.39. The van der Waals surface area contributed by atoms with Gasteiger partial charge in [0, 0.05) is 11.1 Å². The molecule has 1 heterocycles. The summed E-state index contributed by atoms with van der Waals surface area (Å²) in [5.41, 5.74) is 2.13. The first-order chi connectivity index (χ1) is 5.05. The van der Waals surface area contributed by atoms with Crippen molar-refractivity contribution in [3.8, 4) is 0 Å². The molecular weight excluding hydrogens is 138 g/mol. The van der Waals surface area contributed by atoms with Crippen LogP contribution in [0.4, 0.5) is 0 Å². The fourth-order valence-electron chi connectivity index (χ4n) is 1.30. The average molecular weight is 153 g/mol. The van der Waals surface area contributed by atoms with Crippen molar-refractivity contribution in [3.63, 3.8) is 0 Å². The summed E-state index contributed by atoms with van der Waals surface area (Å²) in [4.78, 5) is 4.32. The SMILES string of the molecule is CC(C)(C)C1=NCC=C1CO. The van der Waals surface area contributed by atoms with E-state index in [4.69, 9.17) is 5.11 Å². The molecule has 2 heteroatoms. The Morgan fingerprint density at radius 2 is 2.18 bits per heavy atom. The molecule has 0 spiro atoms. The van der Waals surface area contributed by atoms with Crippen LogP contribution in [0.5, 0.6) is 0 Å². The topological polar surface area (TPSA) is 32.6 Å². The van der Waals surface area contributed by atoms with Crippen LogP contribution in [0.1, 0.15) is 20.8 Å². The van der Waals surface area contributed by atoms with E-state index in [0.717, 1.165) is 17.8 Å². The monoisotopic (exact) mass is 153 g/mol. The fourth-order valence-corrected chi connectivity index (χ4v) is 1.30. The summed E-state index contributed by atoms with van der Waals surface area (Å²) in [7, 11) is 0. The summed E-state index contributed by atoms with van der Waals surface area (Å²) in [6.45, 7) is 7.20. The van der Waals surface area contributed by atoms with Crippen LogP contribution >= 0.6 is 0 Å². The number of aliphatic imine (C=N–C) groups is 1. The maximum absolute atomic E-state index is 8.95. The molecule has 1 N–H and O–H groups in total. The van der Waals surface area contributed by atoms with Crippen LogP contribution in [-0.2, 0) is 0 Å². The van der Waals surface area contributed by atoms with Crippen molar-refractivity contribution in [2.75, 3.05) is 13.2 Å². The molecule has 0 unspecified atom stereocenters. The lowest BCUT2D eigenvalue weighted by molar-refractivity contribution is 0.335. The van der Waals surface area contributed by atoms with Crippen molar-refractivity contribution in [3.05, 3.63) is 11.6 Å². The van der Waals surface area contributed by atoms with Gasteiger partial charge in [-0.1, -0.05) is 26.8 Å². The van der Waals surface area contributed by atoms with Crippen LogP contribution in [0.25, 0.3) is 0 Å². The summed E-state index contributed by atoms with van der Waals surface area (Å²) < 4.78 is 0. The number of aliphatic hydroxyl groups is 1. The Labute approximate surface area is 67.7 Å². The van der Waals surface area contributed by atoms with Gasteiger partial charge in [-0.2, -0.15) is 0 Å². The third kappa shape index (κ3) is 1.69. The molecule has 0 aliphatic carbocycles. The third-order valence-corrected chi connectivity index (χ3v) is 1.77. The van der Waals surface area contributed by atoms with E-state index in [1.807, 2.05) is 6.08 Å². The van der Waals surface area contributed by atoms with E-state index in [1.54, 1.807) is 0 Å². The Morgan fingerprint density at radius 3 is 2.55 bits per heavy atom. The van der Waals surface area contributed by atoms with Crippen molar-refractivity contribution >= 4 is 5.71 Å². The molecule has 0 aromatic rings. The molecular formula is C9H15NO. The molecule has 0 aromatic carbocycles. The van der Waals surface area contributed by atoms with Gasteiger partial charge in [-0.15, -0.1) is 0 Å². The highest BCUT2D eigenvalue weighted by Crippen LogP contribution is 2.24. The molecule has 1 rings (SSSR count). The van der Waals surface area contributed by atoms with Crippen molar-refractivity contribution in [1.29, 1.82) is 0 Å². The largest absolute Gasteiger partial charge is 0.392 e. The second-order valence-corrected chi connectivity index (χ2v) is 3.83. The number of nitrogens with zero attached hydrogens (tertiary/aromatic N) is 1. The first-order valence-corrected chi connectivity index (χ1v) is 3.91. The first-order valence-electron chi connectivity index (χ1n) is 3.91. The quantitative estimate of drug-likeness (QED) is 0.607. The van der Waals surface area contributed by atoms with Crippen molar-refractivity contribution in [1.82, 2.24) is 0 Å². The maximum atomic E-state index is 8.95. The first kappa shape index (κ1) is 8.47. The van der Waals surface area contributed by atoms with E-state index in [0.29, 0.717) is 0 Å². The molecule has 0 amide bonds. The summed E-state index contributed by atoms with van der Waals surface area (Å²) in [6.07, 6.45) is 1.99. The van der Waals surface area contributed by atoms with E-state index in [9.17, 15) is 0 Å². The Bertz CT molecular complexity index is 208. The maximum Gasteiger partial charge on any atom is 0.0697 e. The zero-order valence-electron chi connectivity index (χ0n) is 7.39. The number of hydrogen-bond donors (Lipinski definition) is 1. The van der Waals surface area contributed by atoms with E-state index in [2.05, 4.69) is 25.8 Å². The second-order valence-electron chi connectivity index (χ2n) is 3.83. The van der Waals surface area contributed by atoms with Crippen LogP contribution in [0, 0.1) is 5.41 Å². The van der Waals surface area contributed by atoms with Crippen LogP contribution in [0.2, 0.25) is 0 Å². The predicted molar refractivity (Wildman–Crippen MR) is 46.9 cm³/mol. The average Bonchev–Trinajstić information content (AvgIpc) is 2.31. The van der Waals surface area contributed by atoms with Gasteiger partial charge in [0.05, 0.1) is 13.2 Å². The van der Waals surface area contributed by atoms with E-state index in [1.165, 1.54) is 0 Å². The van der Waals surface area contributed by atoms with Gasteiger partial charge in [0.1, 0.15) is 0 Å². The highest BCUT2D eigenvalue weighted by atomic mass is 16.3. The summed E-state index contributed by atoms with van der Waals surface area (Å²) in [6, 6.07) is 0. The van der Waals surface area contributed by atoms with Crippen LogP contribution in [0.15, 0.2) is 16.6 Å². The molecule has 1 aliphatic rings. The van der Waals surface area contributed by atoms with Gasteiger partial charge < -0.3 is 5.11 Å².